The molecule has 0 aliphatic carbocycles. The van der Waals surface area contributed by atoms with Crippen LogP contribution in [0.15, 0.2) is 24.3 Å². The summed E-state index contributed by atoms with van der Waals surface area (Å²) in [4.78, 5) is 11.5. The Morgan fingerprint density at radius 1 is 1.38 bits per heavy atom. The topological polar surface area (TPSA) is 50.4 Å². The van der Waals surface area contributed by atoms with Gasteiger partial charge in [-0.15, -0.1) is 0 Å². The minimum Gasteiger partial charge on any atom is -0.449 e. The van der Waals surface area contributed by atoms with Crippen molar-refractivity contribution in [2.75, 3.05) is 25.0 Å². The molecule has 0 spiro atoms. The molecule has 0 bridgehead atoms. The van der Waals surface area contributed by atoms with Crippen LogP contribution in [-0.2, 0) is 10.9 Å². The minimum absolute atomic E-state index is 0.201. The molecule has 0 saturated carbocycles. The zero-order chi connectivity index (χ0) is 15.3. The molecule has 21 heavy (non-hydrogen) atoms. The van der Waals surface area contributed by atoms with Crippen molar-refractivity contribution in [3.63, 3.8) is 0 Å². The summed E-state index contributed by atoms with van der Waals surface area (Å²) < 4.78 is 43.2. The van der Waals surface area contributed by atoms with Gasteiger partial charge < -0.3 is 10.1 Å². The zero-order valence-corrected chi connectivity index (χ0v) is 11.4. The third-order valence-corrected chi connectivity index (χ3v) is 3.39. The Labute approximate surface area is 120 Å². The Balaban J connectivity index is 1.85. The molecule has 1 aromatic rings. The van der Waals surface area contributed by atoms with Gasteiger partial charge >= 0.3 is 12.3 Å². The van der Waals surface area contributed by atoms with Crippen molar-refractivity contribution >= 4 is 11.8 Å². The highest BCUT2D eigenvalue weighted by Gasteiger charge is 2.33. The van der Waals surface area contributed by atoms with E-state index < -0.39 is 17.8 Å². The van der Waals surface area contributed by atoms with Crippen LogP contribution < -0.4 is 10.6 Å². The molecular weight excluding hydrogens is 285 g/mol. The molecule has 1 aliphatic heterocycles. The number of hydrogen-bond acceptors (Lipinski definition) is 3. The predicted octanol–water partition coefficient (Wildman–Crippen LogP) is 3.25. The number of ether oxygens (including phenoxy) is 1. The SMILES string of the molecule is O=C(Nc1ccccc1C(F)(F)F)OCCC1CCNC1. The molecule has 7 heteroatoms. The summed E-state index contributed by atoms with van der Waals surface area (Å²) in [5.41, 5.74) is -1.18. The molecule has 1 aliphatic rings. The van der Waals surface area contributed by atoms with E-state index in [1.165, 1.54) is 18.2 Å². The maximum absolute atomic E-state index is 12.8. The van der Waals surface area contributed by atoms with E-state index >= 15 is 0 Å². The van der Waals surface area contributed by atoms with Gasteiger partial charge in [0.25, 0.3) is 0 Å². The van der Waals surface area contributed by atoms with E-state index in [9.17, 15) is 18.0 Å². The van der Waals surface area contributed by atoms with Crippen molar-refractivity contribution in [3.8, 4) is 0 Å². The number of benzene rings is 1. The number of halogens is 3. The Kier molecular flexibility index (Phi) is 5.06. The van der Waals surface area contributed by atoms with Crippen LogP contribution in [0.1, 0.15) is 18.4 Å². The van der Waals surface area contributed by atoms with Crippen LogP contribution in [0, 0.1) is 5.92 Å². The van der Waals surface area contributed by atoms with E-state index in [0.29, 0.717) is 12.3 Å². The third-order valence-electron chi connectivity index (χ3n) is 3.39. The van der Waals surface area contributed by atoms with Crippen molar-refractivity contribution in [2.45, 2.75) is 19.0 Å². The predicted molar refractivity (Wildman–Crippen MR) is 72.0 cm³/mol. The van der Waals surface area contributed by atoms with Crippen LogP contribution in [0.3, 0.4) is 0 Å². The monoisotopic (exact) mass is 302 g/mol. The molecule has 2 rings (SSSR count). The van der Waals surface area contributed by atoms with Gasteiger partial charge in [-0.2, -0.15) is 13.2 Å². The normalized spacial score (nSPS) is 18.5. The van der Waals surface area contributed by atoms with Gasteiger partial charge in [0.2, 0.25) is 0 Å². The third kappa shape index (κ3) is 4.63. The summed E-state index contributed by atoms with van der Waals surface area (Å²) in [7, 11) is 0. The first-order chi connectivity index (χ1) is 9.97. The average molecular weight is 302 g/mol. The van der Waals surface area contributed by atoms with Gasteiger partial charge in [0.05, 0.1) is 17.9 Å². The van der Waals surface area contributed by atoms with Crippen LogP contribution in [0.2, 0.25) is 0 Å². The van der Waals surface area contributed by atoms with Crippen molar-refractivity contribution in [1.82, 2.24) is 5.32 Å². The number of amides is 1. The molecule has 1 saturated heterocycles. The van der Waals surface area contributed by atoms with Crippen molar-refractivity contribution < 1.29 is 22.7 Å². The molecule has 1 aromatic carbocycles. The highest BCUT2D eigenvalue weighted by atomic mass is 19.4. The molecule has 1 atom stereocenters. The van der Waals surface area contributed by atoms with Gasteiger partial charge in [-0.25, -0.2) is 4.79 Å². The summed E-state index contributed by atoms with van der Waals surface area (Å²) in [5, 5.41) is 5.34. The van der Waals surface area contributed by atoms with Gasteiger partial charge in [0, 0.05) is 0 Å². The molecule has 116 valence electrons. The first kappa shape index (κ1) is 15.6. The van der Waals surface area contributed by atoms with E-state index in [2.05, 4.69) is 10.6 Å². The summed E-state index contributed by atoms with van der Waals surface area (Å²) in [5.74, 6) is 0.459. The van der Waals surface area contributed by atoms with Gasteiger partial charge in [0.1, 0.15) is 0 Å². The van der Waals surface area contributed by atoms with E-state index in [1.54, 1.807) is 0 Å². The number of rotatable bonds is 4. The molecule has 0 radical (unpaired) electrons. The number of nitrogens with one attached hydrogen (secondary N) is 2. The van der Waals surface area contributed by atoms with Crippen molar-refractivity contribution in [2.24, 2.45) is 5.92 Å². The van der Waals surface area contributed by atoms with Crippen LogP contribution in [-0.4, -0.2) is 25.8 Å². The lowest BCUT2D eigenvalue weighted by Crippen LogP contribution is -2.19. The lowest BCUT2D eigenvalue weighted by molar-refractivity contribution is -0.136. The Morgan fingerprint density at radius 2 is 2.14 bits per heavy atom. The van der Waals surface area contributed by atoms with E-state index in [0.717, 1.165) is 25.6 Å². The second-order valence-corrected chi connectivity index (χ2v) is 4.95. The second-order valence-electron chi connectivity index (χ2n) is 4.95. The fourth-order valence-corrected chi connectivity index (χ4v) is 2.26. The number of anilines is 1. The summed E-state index contributed by atoms with van der Waals surface area (Å²) in [6.07, 6.45) is -3.64. The molecule has 4 nitrogen and oxygen atoms in total. The zero-order valence-electron chi connectivity index (χ0n) is 11.4. The summed E-state index contributed by atoms with van der Waals surface area (Å²) in [6.45, 7) is 2.05. The maximum atomic E-state index is 12.8. The second kappa shape index (κ2) is 6.80. The fraction of sp³-hybridized carbons (Fsp3) is 0.500. The number of carbonyl (C=O) groups is 1. The number of alkyl halides is 3. The Hall–Kier alpha value is -1.76. The number of carbonyl (C=O) groups excluding carboxylic acids is 1. The van der Waals surface area contributed by atoms with Crippen LogP contribution in [0.4, 0.5) is 23.7 Å². The smallest absolute Gasteiger partial charge is 0.418 e. The Morgan fingerprint density at radius 3 is 2.81 bits per heavy atom. The average Bonchev–Trinajstić information content (AvgIpc) is 2.91. The first-order valence-corrected chi connectivity index (χ1v) is 6.77. The molecule has 1 heterocycles. The summed E-state index contributed by atoms with van der Waals surface area (Å²) >= 11 is 0. The van der Waals surface area contributed by atoms with Crippen molar-refractivity contribution in [3.05, 3.63) is 29.8 Å². The lowest BCUT2D eigenvalue weighted by Gasteiger charge is -2.14. The van der Waals surface area contributed by atoms with Crippen LogP contribution >= 0.6 is 0 Å². The molecule has 1 unspecified atom stereocenters. The van der Waals surface area contributed by atoms with E-state index in [4.69, 9.17) is 4.74 Å². The highest BCUT2D eigenvalue weighted by molar-refractivity contribution is 5.85. The minimum atomic E-state index is -4.51. The standard InChI is InChI=1S/C14H17F3N2O2/c15-14(16,17)11-3-1-2-4-12(11)19-13(20)21-8-6-10-5-7-18-9-10/h1-4,10,18H,5-9H2,(H,19,20). The van der Waals surface area contributed by atoms with Crippen molar-refractivity contribution in [1.29, 1.82) is 0 Å². The largest absolute Gasteiger partial charge is 0.449 e. The van der Waals surface area contributed by atoms with Gasteiger partial charge in [-0.1, -0.05) is 12.1 Å². The van der Waals surface area contributed by atoms with Gasteiger partial charge in [0.15, 0.2) is 0 Å². The fourth-order valence-electron chi connectivity index (χ4n) is 2.26. The Bertz CT molecular complexity index is 485. The number of para-hydroxylation sites is 1. The maximum Gasteiger partial charge on any atom is 0.418 e. The first-order valence-electron chi connectivity index (χ1n) is 6.77. The molecule has 1 amide bonds. The molecule has 1 fully saturated rings. The molecular formula is C14H17F3N2O2. The highest BCUT2D eigenvalue weighted by Crippen LogP contribution is 2.34. The van der Waals surface area contributed by atoms with Gasteiger partial charge in [-0.05, 0) is 44.0 Å². The van der Waals surface area contributed by atoms with Gasteiger partial charge in [-0.3, -0.25) is 5.32 Å². The molecule has 2 N–H and O–H groups in total. The quantitative estimate of drug-likeness (QED) is 0.897. The summed E-state index contributed by atoms with van der Waals surface area (Å²) in [6, 6.07) is 4.81. The number of hydrogen-bond donors (Lipinski definition) is 2. The van der Waals surface area contributed by atoms with E-state index in [1.807, 2.05) is 0 Å². The molecule has 0 aromatic heterocycles. The lowest BCUT2D eigenvalue weighted by atomic mass is 10.1. The van der Waals surface area contributed by atoms with E-state index in [-0.39, 0.29) is 12.3 Å². The van der Waals surface area contributed by atoms with Crippen LogP contribution in [0.5, 0.6) is 0 Å². The van der Waals surface area contributed by atoms with Crippen LogP contribution in [0.25, 0.3) is 0 Å².